The maximum absolute atomic E-state index is 13.2. The quantitative estimate of drug-likeness (QED) is 0.549. The van der Waals surface area contributed by atoms with Gasteiger partial charge in [-0.15, -0.1) is 0 Å². The summed E-state index contributed by atoms with van der Waals surface area (Å²) >= 11 is 12.4. The SMILES string of the molecule is Cc1cc(C)cc(OCC(=O)N(Cc2ccc(Cl)cc2Cl)[C@H](C)C(=O)NC2CCCC2)c1. The molecule has 172 valence electrons. The molecule has 1 saturated carbocycles. The maximum Gasteiger partial charge on any atom is 0.261 e. The van der Waals surface area contributed by atoms with E-state index in [4.69, 9.17) is 27.9 Å². The van der Waals surface area contributed by atoms with Gasteiger partial charge in [0.15, 0.2) is 6.61 Å². The first-order valence-electron chi connectivity index (χ1n) is 11.0. The highest BCUT2D eigenvalue weighted by Gasteiger charge is 2.29. The molecule has 1 atom stereocenters. The van der Waals surface area contributed by atoms with Crippen LogP contribution in [0.1, 0.15) is 49.3 Å². The van der Waals surface area contributed by atoms with Gasteiger partial charge in [0.2, 0.25) is 5.91 Å². The van der Waals surface area contributed by atoms with Crippen LogP contribution in [0.5, 0.6) is 5.75 Å². The second kappa shape index (κ2) is 11.1. The van der Waals surface area contributed by atoms with Crippen LogP contribution in [-0.2, 0) is 16.1 Å². The summed E-state index contributed by atoms with van der Waals surface area (Å²) in [4.78, 5) is 27.7. The number of carbonyl (C=O) groups excluding carboxylic acids is 2. The molecule has 0 unspecified atom stereocenters. The third-order valence-corrected chi connectivity index (χ3v) is 6.37. The van der Waals surface area contributed by atoms with Gasteiger partial charge in [-0.05, 0) is 74.6 Å². The number of amides is 2. The molecule has 2 aromatic rings. The molecule has 3 rings (SSSR count). The molecule has 1 N–H and O–H groups in total. The van der Waals surface area contributed by atoms with Crippen molar-refractivity contribution in [3.63, 3.8) is 0 Å². The number of halogens is 2. The van der Waals surface area contributed by atoms with Crippen molar-refractivity contribution < 1.29 is 14.3 Å². The van der Waals surface area contributed by atoms with Crippen molar-refractivity contribution in [3.8, 4) is 5.75 Å². The molecule has 1 fully saturated rings. The summed E-state index contributed by atoms with van der Waals surface area (Å²) in [5.74, 6) is 0.175. The fourth-order valence-electron chi connectivity index (χ4n) is 4.05. The van der Waals surface area contributed by atoms with Crippen molar-refractivity contribution in [3.05, 3.63) is 63.1 Å². The van der Waals surface area contributed by atoms with Crippen LogP contribution in [-0.4, -0.2) is 35.4 Å². The minimum absolute atomic E-state index is 0.165. The molecular formula is C25H30Cl2N2O3. The molecule has 5 nitrogen and oxygen atoms in total. The molecule has 0 spiro atoms. The van der Waals surface area contributed by atoms with Gasteiger partial charge in [-0.2, -0.15) is 0 Å². The Morgan fingerprint density at radius 3 is 2.38 bits per heavy atom. The molecule has 7 heteroatoms. The molecule has 32 heavy (non-hydrogen) atoms. The number of hydrogen-bond acceptors (Lipinski definition) is 3. The van der Waals surface area contributed by atoms with E-state index >= 15 is 0 Å². The van der Waals surface area contributed by atoms with Gasteiger partial charge in [-0.25, -0.2) is 0 Å². The molecule has 2 amide bonds. The molecule has 0 radical (unpaired) electrons. The van der Waals surface area contributed by atoms with Crippen LogP contribution >= 0.6 is 23.2 Å². The zero-order chi connectivity index (χ0) is 23.3. The predicted octanol–water partition coefficient (Wildman–Crippen LogP) is 5.47. The first kappa shape index (κ1) is 24.4. The van der Waals surface area contributed by atoms with Crippen molar-refractivity contribution in [1.82, 2.24) is 10.2 Å². The van der Waals surface area contributed by atoms with Gasteiger partial charge in [0.1, 0.15) is 11.8 Å². The van der Waals surface area contributed by atoms with Crippen LogP contribution in [0.2, 0.25) is 10.0 Å². The molecule has 2 aromatic carbocycles. The maximum atomic E-state index is 13.2. The molecule has 0 aromatic heterocycles. The largest absolute Gasteiger partial charge is 0.484 e. The number of nitrogens with one attached hydrogen (secondary N) is 1. The molecule has 1 aliphatic carbocycles. The fourth-order valence-corrected chi connectivity index (χ4v) is 4.52. The Balaban J connectivity index is 1.76. The lowest BCUT2D eigenvalue weighted by Gasteiger charge is -2.30. The van der Waals surface area contributed by atoms with Crippen molar-refractivity contribution in [1.29, 1.82) is 0 Å². The number of rotatable bonds is 8. The number of carbonyl (C=O) groups is 2. The van der Waals surface area contributed by atoms with Crippen molar-refractivity contribution >= 4 is 35.0 Å². The van der Waals surface area contributed by atoms with Crippen molar-refractivity contribution in [2.45, 2.75) is 65.1 Å². The highest BCUT2D eigenvalue weighted by Crippen LogP contribution is 2.24. The Morgan fingerprint density at radius 2 is 1.75 bits per heavy atom. The van der Waals surface area contributed by atoms with E-state index in [1.807, 2.05) is 32.0 Å². The summed E-state index contributed by atoms with van der Waals surface area (Å²) in [6.07, 6.45) is 4.19. The number of hydrogen-bond donors (Lipinski definition) is 1. The van der Waals surface area contributed by atoms with Crippen molar-refractivity contribution in [2.75, 3.05) is 6.61 Å². The highest BCUT2D eigenvalue weighted by atomic mass is 35.5. The lowest BCUT2D eigenvalue weighted by molar-refractivity contribution is -0.142. The molecule has 0 bridgehead atoms. The second-order valence-corrected chi connectivity index (χ2v) is 9.38. The first-order chi connectivity index (χ1) is 15.2. The Labute approximate surface area is 200 Å². The molecular weight excluding hydrogens is 447 g/mol. The lowest BCUT2D eigenvalue weighted by Crippen LogP contribution is -2.50. The molecule has 0 heterocycles. The normalized spacial score (nSPS) is 14.8. The zero-order valence-corrected chi connectivity index (χ0v) is 20.3. The first-order valence-corrected chi connectivity index (χ1v) is 11.7. The smallest absolute Gasteiger partial charge is 0.261 e. The number of aryl methyl sites for hydroxylation is 2. The number of benzene rings is 2. The Bertz CT molecular complexity index is 953. The van der Waals surface area contributed by atoms with Gasteiger partial charge in [0.05, 0.1) is 0 Å². The third kappa shape index (κ3) is 6.63. The summed E-state index contributed by atoms with van der Waals surface area (Å²) in [6, 6.07) is 10.5. The third-order valence-electron chi connectivity index (χ3n) is 5.78. The van der Waals surface area contributed by atoms with Gasteiger partial charge in [-0.3, -0.25) is 9.59 Å². The minimum Gasteiger partial charge on any atom is -0.484 e. The van der Waals surface area contributed by atoms with E-state index in [9.17, 15) is 9.59 Å². The highest BCUT2D eigenvalue weighted by molar-refractivity contribution is 6.35. The molecule has 0 aliphatic heterocycles. The van der Waals surface area contributed by atoms with Crippen LogP contribution in [0.4, 0.5) is 0 Å². The number of nitrogens with zero attached hydrogens (tertiary/aromatic N) is 1. The fraction of sp³-hybridized carbons (Fsp3) is 0.440. The Kier molecular flexibility index (Phi) is 8.44. The van der Waals surface area contributed by atoms with Gasteiger partial charge >= 0.3 is 0 Å². The minimum atomic E-state index is -0.669. The Hall–Kier alpha value is -2.24. The monoisotopic (exact) mass is 476 g/mol. The average molecular weight is 477 g/mol. The summed E-state index contributed by atoms with van der Waals surface area (Å²) in [7, 11) is 0. The van der Waals surface area contributed by atoms with E-state index in [-0.39, 0.29) is 31.0 Å². The van der Waals surface area contributed by atoms with Crippen LogP contribution in [0.3, 0.4) is 0 Å². The summed E-state index contributed by atoms with van der Waals surface area (Å²) in [6.45, 7) is 5.71. The van der Waals surface area contributed by atoms with Crippen molar-refractivity contribution in [2.24, 2.45) is 0 Å². The van der Waals surface area contributed by atoms with E-state index in [0.717, 1.165) is 42.4 Å². The van der Waals surface area contributed by atoms with Gasteiger partial charge in [-0.1, -0.05) is 48.2 Å². The Morgan fingerprint density at radius 1 is 1.09 bits per heavy atom. The second-order valence-electron chi connectivity index (χ2n) is 8.54. The molecule has 1 aliphatic rings. The van der Waals surface area contributed by atoms with E-state index in [1.165, 1.54) is 4.90 Å². The van der Waals surface area contributed by atoms with E-state index in [2.05, 4.69) is 5.32 Å². The van der Waals surface area contributed by atoms with Crippen LogP contribution in [0, 0.1) is 13.8 Å². The average Bonchev–Trinajstić information content (AvgIpc) is 3.23. The van der Waals surface area contributed by atoms with Crippen LogP contribution in [0.25, 0.3) is 0 Å². The predicted molar refractivity (Wildman–Crippen MR) is 128 cm³/mol. The topological polar surface area (TPSA) is 58.6 Å². The van der Waals surface area contributed by atoms with Gasteiger partial charge in [0.25, 0.3) is 5.91 Å². The number of ether oxygens (including phenoxy) is 1. The van der Waals surface area contributed by atoms with Gasteiger partial charge < -0.3 is 15.0 Å². The van der Waals surface area contributed by atoms with E-state index < -0.39 is 6.04 Å². The van der Waals surface area contributed by atoms with E-state index in [1.54, 1.807) is 25.1 Å². The molecule has 0 saturated heterocycles. The standard InChI is InChI=1S/C25H30Cl2N2O3/c1-16-10-17(2)12-22(11-16)32-15-24(30)29(14-19-8-9-20(26)13-23(19)27)18(3)25(31)28-21-6-4-5-7-21/h8-13,18,21H,4-7,14-15H2,1-3H3,(H,28,31)/t18-/m1/s1. The lowest BCUT2D eigenvalue weighted by atomic mass is 10.1. The van der Waals surface area contributed by atoms with E-state index in [0.29, 0.717) is 15.8 Å². The van der Waals surface area contributed by atoms with Crippen LogP contribution < -0.4 is 10.1 Å². The summed E-state index contributed by atoms with van der Waals surface area (Å²) < 4.78 is 5.78. The summed E-state index contributed by atoms with van der Waals surface area (Å²) in [5.41, 5.74) is 2.83. The van der Waals surface area contributed by atoms with Crippen LogP contribution in [0.15, 0.2) is 36.4 Å². The summed E-state index contributed by atoms with van der Waals surface area (Å²) in [5, 5.41) is 4.05. The zero-order valence-electron chi connectivity index (χ0n) is 18.8. The van der Waals surface area contributed by atoms with Gasteiger partial charge in [0, 0.05) is 22.6 Å².